The van der Waals surface area contributed by atoms with Crippen LogP contribution in [0.2, 0.25) is 0 Å². The van der Waals surface area contributed by atoms with E-state index in [-0.39, 0.29) is 11.9 Å². The maximum atomic E-state index is 11.5. The highest BCUT2D eigenvalue weighted by Gasteiger charge is 2.35. The number of aromatic nitrogens is 2. The van der Waals surface area contributed by atoms with Crippen molar-refractivity contribution in [3.05, 3.63) is 6.33 Å². The lowest BCUT2D eigenvalue weighted by Gasteiger charge is -2.42. The Hall–Kier alpha value is -2.09. The summed E-state index contributed by atoms with van der Waals surface area (Å²) in [6, 6.07) is 0.280. The second-order valence-corrected chi connectivity index (χ2v) is 5.43. The van der Waals surface area contributed by atoms with Crippen molar-refractivity contribution < 1.29 is 9.53 Å². The SMILES string of the molecule is COc1c(NN)ncnc1N1CCC2NC(=O)CCC2C1. The fourth-order valence-corrected chi connectivity index (χ4v) is 3.18. The van der Waals surface area contributed by atoms with Crippen LogP contribution >= 0.6 is 0 Å². The topological polar surface area (TPSA) is 105 Å². The van der Waals surface area contributed by atoms with Crippen LogP contribution in [0.1, 0.15) is 19.3 Å². The highest BCUT2D eigenvalue weighted by Crippen LogP contribution is 2.35. The predicted octanol–water partition coefficient (Wildman–Crippen LogP) is -0.124. The predicted molar refractivity (Wildman–Crippen MR) is 77.9 cm³/mol. The van der Waals surface area contributed by atoms with Gasteiger partial charge in [-0.25, -0.2) is 15.8 Å². The Morgan fingerprint density at radius 1 is 1.48 bits per heavy atom. The first-order valence-corrected chi connectivity index (χ1v) is 7.13. The number of ether oxygens (including phenoxy) is 1. The second-order valence-electron chi connectivity index (χ2n) is 5.43. The van der Waals surface area contributed by atoms with Crippen molar-refractivity contribution in [2.24, 2.45) is 11.8 Å². The maximum Gasteiger partial charge on any atom is 0.220 e. The van der Waals surface area contributed by atoms with Crippen LogP contribution in [0.25, 0.3) is 0 Å². The first-order valence-electron chi connectivity index (χ1n) is 7.13. The average Bonchev–Trinajstić information content (AvgIpc) is 2.53. The monoisotopic (exact) mass is 292 g/mol. The van der Waals surface area contributed by atoms with E-state index in [1.165, 1.54) is 6.33 Å². The number of hydrogen-bond acceptors (Lipinski definition) is 7. The molecule has 2 saturated heterocycles. The van der Waals surface area contributed by atoms with Crippen LogP contribution in [0, 0.1) is 5.92 Å². The third kappa shape index (κ3) is 2.58. The molecular formula is C13H20N6O2. The van der Waals surface area contributed by atoms with Crippen molar-refractivity contribution in [2.45, 2.75) is 25.3 Å². The molecule has 114 valence electrons. The van der Waals surface area contributed by atoms with E-state index < -0.39 is 0 Å². The molecule has 2 aliphatic heterocycles. The number of methoxy groups -OCH3 is 1. The van der Waals surface area contributed by atoms with Crippen molar-refractivity contribution >= 4 is 17.5 Å². The van der Waals surface area contributed by atoms with E-state index in [9.17, 15) is 4.79 Å². The third-order valence-electron chi connectivity index (χ3n) is 4.25. The molecule has 2 atom stereocenters. The largest absolute Gasteiger partial charge is 0.490 e. The zero-order chi connectivity index (χ0) is 14.8. The molecule has 8 nitrogen and oxygen atoms in total. The maximum absolute atomic E-state index is 11.5. The van der Waals surface area contributed by atoms with E-state index in [1.54, 1.807) is 7.11 Å². The molecule has 0 radical (unpaired) electrons. The van der Waals surface area contributed by atoms with Crippen molar-refractivity contribution in [3.63, 3.8) is 0 Å². The van der Waals surface area contributed by atoms with Crippen molar-refractivity contribution in [3.8, 4) is 5.75 Å². The van der Waals surface area contributed by atoms with E-state index >= 15 is 0 Å². The summed E-state index contributed by atoms with van der Waals surface area (Å²) >= 11 is 0. The summed E-state index contributed by atoms with van der Waals surface area (Å²) in [6.45, 7) is 1.67. The Morgan fingerprint density at radius 3 is 3.10 bits per heavy atom. The van der Waals surface area contributed by atoms with Gasteiger partial charge in [-0.3, -0.25) is 4.79 Å². The van der Waals surface area contributed by atoms with Gasteiger partial charge in [0.1, 0.15) is 6.33 Å². The van der Waals surface area contributed by atoms with Crippen LogP contribution in [0.4, 0.5) is 11.6 Å². The van der Waals surface area contributed by atoms with Gasteiger partial charge in [0.25, 0.3) is 0 Å². The van der Waals surface area contributed by atoms with Gasteiger partial charge < -0.3 is 20.4 Å². The zero-order valence-electron chi connectivity index (χ0n) is 12.0. The lowest BCUT2D eigenvalue weighted by Crippen LogP contribution is -2.54. The van der Waals surface area contributed by atoms with Gasteiger partial charge in [0.2, 0.25) is 11.7 Å². The van der Waals surface area contributed by atoms with E-state index in [0.29, 0.717) is 23.9 Å². The molecular weight excluding hydrogens is 272 g/mol. The Bertz CT molecular complexity index is 537. The molecule has 0 aromatic carbocycles. The van der Waals surface area contributed by atoms with Gasteiger partial charge in [-0.05, 0) is 18.8 Å². The van der Waals surface area contributed by atoms with Crippen LogP contribution in [-0.4, -0.2) is 42.1 Å². The normalized spacial score (nSPS) is 25.0. The molecule has 0 spiro atoms. The third-order valence-corrected chi connectivity index (χ3v) is 4.25. The van der Waals surface area contributed by atoms with Crippen molar-refractivity contribution in [1.29, 1.82) is 0 Å². The summed E-state index contributed by atoms with van der Waals surface area (Å²) in [4.78, 5) is 22.0. The number of nitrogens with two attached hydrogens (primary N) is 1. The molecule has 8 heteroatoms. The van der Waals surface area contributed by atoms with Gasteiger partial charge in [0, 0.05) is 25.6 Å². The van der Waals surface area contributed by atoms with Gasteiger partial charge in [-0.2, -0.15) is 0 Å². The molecule has 0 bridgehead atoms. The number of nitrogen functional groups attached to an aromatic ring is 1. The number of hydrazine groups is 1. The van der Waals surface area contributed by atoms with Gasteiger partial charge >= 0.3 is 0 Å². The zero-order valence-corrected chi connectivity index (χ0v) is 12.0. The molecule has 2 aliphatic rings. The van der Waals surface area contributed by atoms with E-state index in [0.717, 1.165) is 31.7 Å². The molecule has 3 rings (SSSR count). The quantitative estimate of drug-likeness (QED) is 0.526. The number of anilines is 2. The first kappa shape index (κ1) is 13.9. The van der Waals surface area contributed by atoms with E-state index in [1.807, 2.05) is 0 Å². The summed E-state index contributed by atoms with van der Waals surface area (Å²) in [5.41, 5.74) is 2.53. The van der Waals surface area contributed by atoms with E-state index in [2.05, 4.69) is 25.6 Å². The molecule has 2 unspecified atom stereocenters. The molecule has 4 N–H and O–H groups in total. The van der Waals surface area contributed by atoms with Gasteiger partial charge in [-0.15, -0.1) is 0 Å². The summed E-state index contributed by atoms with van der Waals surface area (Å²) in [7, 11) is 1.58. The van der Waals surface area contributed by atoms with Crippen LogP contribution in [0.3, 0.4) is 0 Å². The van der Waals surface area contributed by atoms with Crippen molar-refractivity contribution in [2.75, 3.05) is 30.5 Å². The number of carbonyl (C=O) groups is 1. The van der Waals surface area contributed by atoms with Crippen molar-refractivity contribution in [1.82, 2.24) is 15.3 Å². The van der Waals surface area contributed by atoms with Crippen LogP contribution in [-0.2, 0) is 4.79 Å². The number of rotatable bonds is 3. The minimum atomic E-state index is 0.166. The minimum Gasteiger partial charge on any atom is -0.490 e. The number of nitrogens with zero attached hydrogens (tertiary/aromatic N) is 3. The average molecular weight is 292 g/mol. The minimum absolute atomic E-state index is 0.166. The van der Waals surface area contributed by atoms with Gasteiger partial charge in [0.15, 0.2) is 11.6 Å². The van der Waals surface area contributed by atoms with E-state index in [4.69, 9.17) is 10.6 Å². The molecule has 1 amide bonds. The summed E-state index contributed by atoms with van der Waals surface area (Å²) in [6.07, 6.45) is 3.91. The smallest absolute Gasteiger partial charge is 0.220 e. The Morgan fingerprint density at radius 2 is 2.33 bits per heavy atom. The molecule has 1 aromatic rings. The molecule has 0 saturated carbocycles. The number of amides is 1. The number of fused-ring (bicyclic) bond motifs is 1. The van der Waals surface area contributed by atoms with Crippen LogP contribution in [0.15, 0.2) is 6.33 Å². The number of nitrogens with one attached hydrogen (secondary N) is 2. The standard InChI is InChI=1S/C13H20N6O2/c1-21-11-12(18-14)15-7-16-13(11)19-5-4-9-8(6-19)2-3-10(20)17-9/h7-9H,2-6,14H2,1H3,(H,17,20)(H,15,16,18). The second kappa shape index (κ2) is 5.72. The molecule has 0 aliphatic carbocycles. The fourth-order valence-electron chi connectivity index (χ4n) is 3.18. The molecule has 21 heavy (non-hydrogen) atoms. The lowest BCUT2D eigenvalue weighted by molar-refractivity contribution is -0.124. The highest BCUT2D eigenvalue weighted by molar-refractivity contribution is 5.77. The van der Waals surface area contributed by atoms with Crippen LogP contribution in [0.5, 0.6) is 5.75 Å². The van der Waals surface area contributed by atoms with Gasteiger partial charge in [0.05, 0.1) is 7.11 Å². The number of hydrogen-bond donors (Lipinski definition) is 3. The fraction of sp³-hybridized carbons (Fsp3) is 0.615. The van der Waals surface area contributed by atoms with Crippen LogP contribution < -0.4 is 26.2 Å². The summed E-state index contributed by atoms with van der Waals surface area (Å²) < 4.78 is 5.39. The lowest BCUT2D eigenvalue weighted by atomic mass is 9.85. The Balaban J connectivity index is 1.81. The number of carbonyl (C=O) groups excluding carboxylic acids is 1. The first-order chi connectivity index (χ1) is 10.2. The molecule has 2 fully saturated rings. The summed E-state index contributed by atoms with van der Waals surface area (Å²) in [5.74, 6) is 7.85. The van der Waals surface area contributed by atoms with Gasteiger partial charge in [-0.1, -0.05) is 0 Å². The Kier molecular flexibility index (Phi) is 3.78. The molecule has 3 heterocycles. The summed E-state index contributed by atoms with van der Waals surface area (Å²) in [5, 5.41) is 3.08. The highest BCUT2D eigenvalue weighted by atomic mass is 16.5. The number of piperidine rings is 2. The Labute approximate surface area is 123 Å². The molecule has 1 aromatic heterocycles.